The lowest BCUT2D eigenvalue weighted by molar-refractivity contribution is -0.143. The molecule has 0 rings (SSSR count). The predicted octanol–water partition coefficient (Wildman–Crippen LogP) is 22.8. The lowest BCUT2D eigenvalue weighted by Crippen LogP contribution is -2.45. The van der Waals surface area contributed by atoms with Gasteiger partial charge in [-0.3, -0.25) is 9.59 Å². The second-order valence-electron chi connectivity index (χ2n) is 24.6. The molecule has 0 fully saturated rings. The van der Waals surface area contributed by atoms with E-state index >= 15 is 0 Å². The number of carbonyl (C=O) groups is 2. The molecule has 0 saturated carbocycles. The smallest absolute Gasteiger partial charge is 0.305 e. The maximum Gasteiger partial charge on any atom is 0.305 e. The molecule has 6 nitrogen and oxygen atoms in total. The zero-order chi connectivity index (χ0) is 55.7. The highest BCUT2D eigenvalue weighted by atomic mass is 16.5. The lowest BCUT2D eigenvalue weighted by Gasteiger charge is -2.22. The molecule has 458 valence electrons. The summed E-state index contributed by atoms with van der Waals surface area (Å²) in [5, 5.41) is 23.4. The Morgan fingerprint density at radius 1 is 0.351 bits per heavy atom. The van der Waals surface area contributed by atoms with Gasteiger partial charge in [0.25, 0.3) is 0 Å². The van der Waals surface area contributed by atoms with E-state index in [1.807, 2.05) is 0 Å². The quantitative estimate of drug-likeness (QED) is 0.0320. The van der Waals surface area contributed by atoms with Crippen LogP contribution in [0.1, 0.15) is 406 Å². The molecule has 0 aromatic heterocycles. The van der Waals surface area contributed by atoms with Crippen molar-refractivity contribution in [2.24, 2.45) is 0 Å². The third kappa shape index (κ3) is 63.6. The van der Waals surface area contributed by atoms with Crippen LogP contribution in [-0.4, -0.2) is 47.4 Å². The molecule has 0 aliphatic heterocycles. The number of rotatable bonds is 67. The summed E-state index contributed by atoms with van der Waals surface area (Å²) in [5.74, 6) is -0.0232. The van der Waals surface area contributed by atoms with Gasteiger partial charge in [0, 0.05) is 12.8 Å². The van der Waals surface area contributed by atoms with Crippen LogP contribution >= 0.6 is 0 Å². The van der Waals surface area contributed by atoms with Crippen molar-refractivity contribution in [3.05, 3.63) is 12.2 Å². The minimum atomic E-state index is -0.670. The van der Waals surface area contributed by atoms with Crippen LogP contribution in [0.15, 0.2) is 12.2 Å². The Morgan fingerprint density at radius 2 is 0.610 bits per heavy atom. The fraction of sp³-hybridized carbons (Fsp3) is 0.944. The van der Waals surface area contributed by atoms with Crippen LogP contribution in [0.4, 0.5) is 0 Å². The van der Waals surface area contributed by atoms with Crippen LogP contribution < -0.4 is 5.32 Å². The van der Waals surface area contributed by atoms with Crippen LogP contribution in [0.25, 0.3) is 0 Å². The van der Waals surface area contributed by atoms with E-state index in [0.717, 1.165) is 38.5 Å². The average Bonchev–Trinajstić information content (AvgIpc) is 3.43. The van der Waals surface area contributed by atoms with Gasteiger partial charge in [-0.05, 0) is 51.4 Å². The third-order valence-electron chi connectivity index (χ3n) is 16.8. The second-order valence-corrected chi connectivity index (χ2v) is 24.6. The molecular formula is C71H139NO5. The Hall–Kier alpha value is -1.40. The molecule has 0 saturated heterocycles. The zero-order valence-electron chi connectivity index (χ0n) is 52.5. The number of amides is 1. The van der Waals surface area contributed by atoms with Crippen LogP contribution in [0, 0.1) is 0 Å². The minimum absolute atomic E-state index is 0.0135. The molecule has 0 radical (unpaired) electrons. The van der Waals surface area contributed by atoms with E-state index in [2.05, 4.69) is 31.3 Å². The van der Waals surface area contributed by atoms with Gasteiger partial charge in [0.15, 0.2) is 0 Å². The van der Waals surface area contributed by atoms with Crippen LogP contribution in [0.5, 0.6) is 0 Å². The molecule has 77 heavy (non-hydrogen) atoms. The number of aliphatic hydroxyl groups excluding tert-OH is 2. The molecular weight excluding hydrogens is 947 g/mol. The molecule has 2 unspecified atom stereocenters. The summed E-state index contributed by atoms with van der Waals surface area (Å²) in [6.45, 7) is 4.99. The van der Waals surface area contributed by atoms with Gasteiger partial charge in [-0.15, -0.1) is 0 Å². The molecule has 3 N–H and O–H groups in total. The zero-order valence-corrected chi connectivity index (χ0v) is 52.5. The van der Waals surface area contributed by atoms with E-state index in [0.29, 0.717) is 25.9 Å². The number of esters is 1. The molecule has 0 heterocycles. The van der Waals surface area contributed by atoms with Crippen molar-refractivity contribution in [2.45, 2.75) is 418 Å². The van der Waals surface area contributed by atoms with Crippen molar-refractivity contribution in [1.82, 2.24) is 5.32 Å². The van der Waals surface area contributed by atoms with Crippen molar-refractivity contribution in [2.75, 3.05) is 13.2 Å². The van der Waals surface area contributed by atoms with Crippen LogP contribution in [0.2, 0.25) is 0 Å². The number of allylic oxidation sites excluding steroid dienone is 2. The first-order valence-corrected chi connectivity index (χ1v) is 35.4. The van der Waals surface area contributed by atoms with Gasteiger partial charge in [0.1, 0.15) is 0 Å². The maximum atomic E-state index is 12.6. The van der Waals surface area contributed by atoms with Gasteiger partial charge in [-0.1, -0.05) is 353 Å². The monoisotopic (exact) mass is 1090 g/mol. The number of unbranched alkanes of at least 4 members (excludes halogenated alkanes) is 54. The van der Waals surface area contributed by atoms with Gasteiger partial charge < -0.3 is 20.3 Å². The summed E-state index contributed by atoms with van der Waals surface area (Å²) in [6, 6.07) is -0.547. The van der Waals surface area contributed by atoms with Crippen molar-refractivity contribution >= 4 is 11.9 Å². The summed E-state index contributed by atoms with van der Waals surface area (Å²) in [5.41, 5.74) is 0. The molecule has 6 heteroatoms. The normalized spacial score (nSPS) is 12.5. The van der Waals surface area contributed by atoms with Crippen molar-refractivity contribution in [3.63, 3.8) is 0 Å². The Labute approximate surface area is 482 Å². The molecule has 0 bridgehead atoms. The standard InChI is InChI=1S/C71H139NO5/c1-3-5-7-9-11-13-15-17-19-20-21-22-23-24-27-30-33-36-39-43-47-51-55-59-63-69(74)68(67-73)72-70(75)64-60-56-52-48-44-40-37-34-31-28-25-26-29-32-35-38-42-46-50-54-58-62-66-77-71(76)65-61-57-53-49-45-41-18-16-14-12-10-8-6-4-2/h28,31,68-69,73-74H,3-27,29-30,32-67H2,1-2H3,(H,72,75)/b31-28-. The molecule has 1 amide bonds. The van der Waals surface area contributed by atoms with E-state index in [1.54, 1.807) is 0 Å². The van der Waals surface area contributed by atoms with Gasteiger partial charge >= 0.3 is 5.97 Å². The maximum absolute atomic E-state index is 12.6. The van der Waals surface area contributed by atoms with E-state index in [-0.39, 0.29) is 18.5 Å². The molecule has 0 aliphatic carbocycles. The highest BCUT2D eigenvalue weighted by Crippen LogP contribution is 2.19. The summed E-state index contributed by atoms with van der Waals surface area (Å²) in [7, 11) is 0. The number of hydrogen-bond acceptors (Lipinski definition) is 5. The second kappa shape index (κ2) is 67.1. The van der Waals surface area contributed by atoms with Gasteiger partial charge in [0.05, 0.1) is 25.4 Å². The molecule has 0 spiro atoms. The lowest BCUT2D eigenvalue weighted by atomic mass is 10.0. The van der Waals surface area contributed by atoms with Crippen LogP contribution in [-0.2, 0) is 14.3 Å². The average molecular weight is 1090 g/mol. The molecule has 0 aromatic rings. The topological polar surface area (TPSA) is 95.9 Å². The molecule has 0 aromatic carbocycles. The number of carbonyl (C=O) groups excluding carboxylic acids is 2. The fourth-order valence-electron chi connectivity index (χ4n) is 11.4. The van der Waals surface area contributed by atoms with Gasteiger partial charge in [0.2, 0.25) is 5.91 Å². The Bertz CT molecular complexity index is 1160. The van der Waals surface area contributed by atoms with E-state index in [9.17, 15) is 19.8 Å². The Balaban J connectivity index is 3.40. The summed E-state index contributed by atoms with van der Waals surface area (Å²) >= 11 is 0. The molecule has 0 aliphatic rings. The summed E-state index contributed by atoms with van der Waals surface area (Å²) in [4.78, 5) is 24.6. The predicted molar refractivity (Wildman–Crippen MR) is 338 cm³/mol. The van der Waals surface area contributed by atoms with Crippen LogP contribution in [0.3, 0.4) is 0 Å². The first-order chi connectivity index (χ1) is 38.0. The number of aliphatic hydroxyl groups is 2. The SMILES string of the molecule is CCCCCCCCCCCCCCCCCCCCCCCCCCC(O)C(CO)NC(=O)CCCCCCCCC/C=C\CCCCCCCCCCCCCOC(=O)CCCCCCCCCCCCCCCC. The Kier molecular flexibility index (Phi) is 65.9. The van der Waals surface area contributed by atoms with E-state index < -0.39 is 12.1 Å². The number of hydrogen-bond donors (Lipinski definition) is 3. The highest BCUT2D eigenvalue weighted by molar-refractivity contribution is 5.76. The Morgan fingerprint density at radius 3 is 0.922 bits per heavy atom. The largest absolute Gasteiger partial charge is 0.466 e. The van der Waals surface area contributed by atoms with Gasteiger partial charge in [-0.2, -0.15) is 0 Å². The van der Waals surface area contributed by atoms with E-state index in [1.165, 1.54) is 334 Å². The number of ether oxygens (including phenoxy) is 1. The van der Waals surface area contributed by atoms with Crippen molar-refractivity contribution < 1.29 is 24.5 Å². The van der Waals surface area contributed by atoms with E-state index in [4.69, 9.17) is 4.74 Å². The summed E-state index contributed by atoms with van der Waals surface area (Å²) < 4.78 is 5.49. The van der Waals surface area contributed by atoms with Crippen molar-refractivity contribution in [3.8, 4) is 0 Å². The first kappa shape index (κ1) is 75.6. The van der Waals surface area contributed by atoms with Crippen molar-refractivity contribution in [1.29, 1.82) is 0 Å². The molecule has 2 atom stereocenters. The van der Waals surface area contributed by atoms with Gasteiger partial charge in [-0.25, -0.2) is 0 Å². The number of nitrogens with one attached hydrogen (secondary N) is 1. The third-order valence-corrected chi connectivity index (χ3v) is 16.8. The first-order valence-electron chi connectivity index (χ1n) is 35.4. The summed E-state index contributed by atoms with van der Waals surface area (Å²) in [6.07, 6.45) is 82.5. The fourth-order valence-corrected chi connectivity index (χ4v) is 11.4. The highest BCUT2D eigenvalue weighted by Gasteiger charge is 2.20. The minimum Gasteiger partial charge on any atom is -0.466 e.